The molecular weight excluding hydrogens is 208 g/mol. The van der Waals surface area contributed by atoms with Crippen molar-refractivity contribution in [1.29, 1.82) is 0 Å². The molecule has 0 bridgehead atoms. The van der Waals surface area contributed by atoms with E-state index in [9.17, 15) is 4.79 Å². The molecule has 5 heteroatoms. The highest BCUT2D eigenvalue weighted by atomic mass is 16.5. The van der Waals surface area contributed by atoms with E-state index in [2.05, 4.69) is 10.6 Å². The molecule has 0 aromatic rings. The minimum atomic E-state index is 0.0400. The third-order valence-electron chi connectivity index (χ3n) is 2.04. The molecule has 0 radical (unpaired) electrons. The third-order valence-corrected chi connectivity index (χ3v) is 2.04. The molecule has 0 aromatic carbocycles. The van der Waals surface area contributed by atoms with Crippen LogP contribution >= 0.6 is 0 Å². The van der Waals surface area contributed by atoms with Crippen molar-refractivity contribution in [3.05, 3.63) is 0 Å². The summed E-state index contributed by atoms with van der Waals surface area (Å²) < 4.78 is 10.2. The van der Waals surface area contributed by atoms with E-state index in [1.807, 2.05) is 13.8 Å². The first-order valence-electron chi connectivity index (χ1n) is 5.62. The van der Waals surface area contributed by atoms with Gasteiger partial charge in [-0.1, -0.05) is 0 Å². The lowest BCUT2D eigenvalue weighted by molar-refractivity contribution is -0.121. The lowest BCUT2D eigenvalue weighted by Crippen LogP contribution is -2.36. The number of amides is 1. The zero-order valence-electron chi connectivity index (χ0n) is 10.7. The average Bonchev–Trinajstić information content (AvgIpc) is 2.21. The van der Waals surface area contributed by atoms with Gasteiger partial charge in [-0.25, -0.2) is 0 Å². The molecule has 0 saturated carbocycles. The van der Waals surface area contributed by atoms with Crippen LogP contribution in [-0.4, -0.2) is 52.0 Å². The van der Waals surface area contributed by atoms with E-state index < -0.39 is 0 Å². The minimum absolute atomic E-state index is 0.0400. The van der Waals surface area contributed by atoms with Gasteiger partial charge in [0.05, 0.1) is 12.7 Å². The van der Waals surface area contributed by atoms with E-state index >= 15 is 0 Å². The van der Waals surface area contributed by atoms with Crippen LogP contribution in [0.2, 0.25) is 0 Å². The summed E-state index contributed by atoms with van der Waals surface area (Å²) in [6, 6.07) is 0.202. The zero-order valence-corrected chi connectivity index (χ0v) is 10.7. The fourth-order valence-corrected chi connectivity index (χ4v) is 1.26. The van der Waals surface area contributed by atoms with E-state index in [1.54, 1.807) is 14.2 Å². The molecule has 0 aliphatic heterocycles. The highest BCUT2D eigenvalue weighted by Crippen LogP contribution is 1.89. The summed E-state index contributed by atoms with van der Waals surface area (Å²) in [5.74, 6) is 0.0724. The Morgan fingerprint density at radius 3 is 2.50 bits per heavy atom. The second-order valence-electron chi connectivity index (χ2n) is 3.99. The predicted octanol–water partition coefficient (Wildman–Crippen LogP) is 0.152. The lowest BCUT2D eigenvalue weighted by atomic mass is 10.3. The predicted molar refractivity (Wildman–Crippen MR) is 63.4 cm³/mol. The van der Waals surface area contributed by atoms with Crippen LogP contribution in [0.3, 0.4) is 0 Å². The molecule has 0 aliphatic rings. The van der Waals surface area contributed by atoms with Crippen molar-refractivity contribution in [3.8, 4) is 0 Å². The van der Waals surface area contributed by atoms with Gasteiger partial charge < -0.3 is 20.1 Å². The average molecular weight is 232 g/mol. The normalized spacial score (nSPS) is 12.8. The van der Waals surface area contributed by atoms with Gasteiger partial charge in [0.1, 0.15) is 0 Å². The summed E-state index contributed by atoms with van der Waals surface area (Å²) in [6.07, 6.45) is 0.528. The van der Waals surface area contributed by atoms with Gasteiger partial charge >= 0.3 is 0 Å². The van der Waals surface area contributed by atoms with Gasteiger partial charge in [0, 0.05) is 39.8 Å². The van der Waals surface area contributed by atoms with Crippen molar-refractivity contribution in [1.82, 2.24) is 10.6 Å². The summed E-state index contributed by atoms with van der Waals surface area (Å²) in [4.78, 5) is 11.3. The van der Waals surface area contributed by atoms with Crippen molar-refractivity contribution >= 4 is 5.91 Å². The first kappa shape index (κ1) is 15.3. The van der Waals surface area contributed by atoms with E-state index in [0.717, 1.165) is 0 Å². The van der Waals surface area contributed by atoms with Crippen LogP contribution in [0.5, 0.6) is 0 Å². The van der Waals surface area contributed by atoms with Crippen molar-refractivity contribution in [2.24, 2.45) is 0 Å². The number of nitrogens with one attached hydrogen (secondary N) is 2. The Balaban J connectivity index is 3.47. The molecule has 0 aliphatic carbocycles. The Morgan fingerprint density at radius 2 is 2.00 bits per heavy atom. The number of hydrogen-bond donors (Lipinski definition) is 2. The molecule has 0 spiro atoms. The Kier molecular flexibility index (Phi) is 9.18. The van der Waals surface area contributed by atoms with Gasteiger partial charge in [-0.2, -0.15) is 0 Å². The number of carbonyl (C=O) groups excluding carboxylic acids is 1. The second kappa shape index (κ2) is 9.57. The lowest BCUT2D eigenvalue weighted by Gasteiger charge is -2.15. The molecule has 5 nitrogen and oxygen atoms in total. The SMILES string of the molecule is COCC(CNCCC(=O)NC(C)C)OC. The largest absolute Gasteiger partial charge is 0.382 e. The summed E-state index contributed by atoms with van der Waals surface area (Å²) in [7, 11) is 3.29. The van der Waals surface area contributed by atoms with Gasteiger partial charge in [-0.3, -0.25) is 4.79 Å². The van der Waals surface area contributed by atoms with E-state index in [-0.39, 0.29) is 18.1 Å². The standard InChI is InChI=1S/C11H24N2O3/c1-9(2)13-11(14)5-6-12-7-10(16-4)8-15-3/h9-10,12H,5-8H2,1-4H3,(H,13,14). The van der Waals surface area contributed by atoms with Crippen LogP contribution < -0.4 is 10.6 Å². The van der Waals surface area contributed by atoms with Crippen LogP contribution in [-0.2, 0) is 14.3 Å². The highest BCUT2D eigenvalue weighted by Gasteiger charge is 2.07. The smallest absolute Gasteiger partial charge is 0.221 e. The van der Waals surface area contributed by atoms with Crippen LogP contribution in [0.15, 0.2) is 0 Å². The van der Waals surface area contributed by atoms with Gasteiger partial charge in [-0.05, 0) is 13.8 Å². The number of rotatable bonds is 9. The molecule has 0 heterocycles. The Labute approximate surface area is 97.9 Å². The highest BCUT2D eigenvalue weighted by molar-refractivity contribution is 5.76. The summed E-state index contributed by atoms with van der Waals surface area (Å²) in [6.45, 7) is 5.80. The molecular formula is C11H24N2O3. The van der Waals surface area contributed by atoms with Gasteiger partial charge in [0.25, 0.3) is 0 Å². The van der Waals surface area contributed by atoms with E-state index in [0.29, 0.717) is 26.1 Å². The van der Waals surface area contributed by atoms with E-state index in [1.165, 1.54) is 0 Å². The maximum atomic E-state index is 11.3. The monoisotopic (exact) mass is 232 g/mol. The number of ether oxygens (including phenoxy) is 2. The second-order valence-corrected chi connectivity index (χ2v) is 3.99. The van der Waals surface area contributed by atoms with Crippen molar-refractivity contribution < 1.29 is 14.3 Å². The first-order chi connectivity index (χ1) is 7.60. The van der Waals surface area contributed by atoms with Crippen LogP contribution in [0, 0.1) is 0 Å². The van der Waals surface area contributed by atoms with Crippen molar-refractivity contribution in [2.75, 3.05) is 33.9 Å². The summed E-state index contributed by atoms with van der Waals surface area (Å²) in [5, 5.41) is 5.99. The fourth-order valence-electron chi connectivity index (χ4n) is 1.26. The van der Waals surface area contributed by atoms with Crippen molar-refractivity contribution in [2.45, 2.75) is 32.4 Å². The molecule has 0 rings (SSSR count). The summed E-state index contributed by atoms with van der Waals surface area (Å²) >= 11 is 0. The summed E-state index contributed by atoms with van der Waals surface area (Å²) in [5.41, 5.74) is 0. The molecule has 0 aromatic heterocycles. The minimum Gasteiger partial charge on any atom is -0.382 e. The van der Waals surface area contributed by atoms with Crippen LogP contribution in [0.1, 0.15) is 20.3 Å². The first-order valence-corrected chi connectivity index (χ1v) is 5.62. The molecule has 96 valence electrons. The topological polar surface area (TPSA) is 59.6 Å². The number of hydrogen-bond acceptors (Lipinski definition) is 4. The zero-order chi connectivity index (χ0) is 12.4. The maximum absolute atomic E-state index is 11.3. The van der Waals surface area contributed by atoms with Gasteiger partial charge in [0.15, 0.2) is 0 Å². The molecule has 2 N–H and O–H groups in total. The van der Waals surface area contributed by atoms with Crippen LogP contribution in [0.25, 0.3) is 0 Å². The third kappa shape index (κ3) is 8.64. The fraction of sp³-hybridized carbons (Fsp3) is 0.909. The molecule has 0 saturated heterocycles. The van der Waals surface area contributed by atoms with Crippen LogP contribution in [0.4, 0.5) is 0 Å². The molecule has 16 heavy (non-hydrogen) atoms. The molecule has 1 amide bonds. The Hall–Kier alpha value is -0.650. The number of methoxy groups -OCH3 is 2. The Morgan fingerprint density at radius 1 is 1.31 bits per heavy atom. The Bertz CT molecular complexity index is 186. The van der Waals surface area contributed by atoms with Crippen molar-refractivity contribution in [3.63, 3.8) is 0 Å². The van der Waals surface area contributed by atoms with Gasteiger partial charge in [0.2, 0.25) is 5.91 Å². The molecule has 1 unspecified atom stereocenters. The number of carbonyl (C=O) groups is 1. The maximum Gasteiger partial charge on any atom is 0.221 e. The van der Waals surface area contributed by atoms with E-state index in [4.69, 9.17) is 9.47 Å². The molecule has 0 fully saturated rings. The van der Waals surface area contributed by atoms with Gasteiger partial charge in [-0.15, -0.1) is 0 Å². The molecule has 1 atom stereocenters. The quantitative estimate of drug-likeness (QED) is 0.556.